The van der Waals surface area contributed by atoms with Crippen LogP contribution in [0.25, 0.3) is 0 Å². The van der Waals surface area contributed by atoms with E-state index in [9.17, 15) is 4.79 Å². The molecule has 3 aliphatic carbocycles. The molecule has 4 atom stereocenters. The molecule has 0 aromatic heterocycles. The van der Waals surface area contributed by atoms with Crippen LogP contribution in [0, 0.1) is 23.2 Å². The number of ketones is 1. The Labute approximate surface area is 87.5 Å². The molecule has 4 rings (SSSR count). The molecule has 1 saturated carbocycles. The van der Waals surface area contributed by atoms with Gasteiger partial charge in [0.05, 0.1) is 18.6 Å². The second kappa shape index (κ2) is 2.49. The summed E-state index contributed by atoms with van der Waals surface area (Å²) in [5.74, 6) is -0.380. The number of nitriles is 1. The topological polar surface area (TPSA) is 62.6 Å². The molecule has 78 valence electrons. The number of rotatable bonds is 1. The predicted molar refractivity (Wildman–Crippen MR) is 49.8 cm³/mol. The third kappa shape index (κ3) is 0.819. The summed E-state index contributed by atoms with van der Waals surface area (Å²) in [4.78, 5) is 12.2. The van der Waals surface area contributed by atoms with Gasteiger partial charge in [-0.15, -0.1) is 0 Å². The molecule has 0 radical (unpaired) electrons. The molecule has 1 heterocycles. The lowest BCUT2D eigenvalue weighted by Crippen LogP contribution is -2.61. The first-order chi connectivity index (χ1) is 7.19. The van der Waals surface area contributed by atoms with E-state index in [4.69, 9.17) is 14.7 Å². The van der Waals surface area contributed by atoms with E-state index in [1.54, 1.807) is 6.08 Å². The van der Waals surface area contributed by atoms with Crippen LogP contribution in [0.15, 0.2) is 12.2 Å². The van der Waals surface area contributed by atoms with Gasteiger partial charge < -0.3 is 9.47 Å². The number of fused-ring (bicyclic) bond motifs is 1. The quantitative estimate of drug-likeness (QED) is 0.460. The van der Waals surface area contributed by atoms with Crippen LogP contribution in [0.4, 0.5) is 0 Å². The number of methoxy groups -OCH3 is 1. The molecule has 1 saturated heterocycles. The molecule has 0 amide bonds. The van der Waals surface area contributed by atoms with E-state index in [1.165, 1.54) is 7.11 Å². The SMILES string of the molecule is CO[C@]12C=C[C@H](C[C@@H]1C#N)[C@@]1(CO1)C2=O. The minimum atomic E-state index is -1.06. The molecule has 2 bridgehead atoms. The second-order valence-electron chi connectivity index (χ2n) is 4.39. The fourth-order valence-corrected chi connectivity index (χ4v) is 2.84. The van der Waals surface area contributed by atoms with Crippen molar-refractivity contribution >= 4 is 5.78 Å². The second-order valence-corrected chi connectivity index (χ2v) is 4.39. The van der Waals surface area contributed by atoms with Crippen LogP contribution < -0.4 is 0 Å². The van der Waals surface area contributed by atoms with Gasteiger partial charge in [0.15, 0.2) is 11.2 Å². The first-order valence-corrected chi connectivity index (χ1v) is 5.02. The van der Waals surface area contributed by atoms with Crippen molar-refractivity contribution in [1.82, 2.24) is 0 Å². The van der Waals surface area contributed by atoms with E-state index in [-0.39, 0.29) is 17.6 Å². The molecule has 0 aromatic carbocycles. The summed E-state index contributed by atoms with van der Waals surface area (Å²) < 4.78 is 10.6. The van der Waals surface area contributed by atoms with Crippen molar-refractivity contribution in [3.05, 3.63) is 12.2 Å². The van der Waals surface area contributed by atoms with Crippen LogP contribution in [-0.4, -0.2) is 30.7 Å². The Morgan fingerprint density at radius 1 is 1.73 bits per heavy atom. The summed E-state index contributed by atoms with van der Waals surface area (Å²) in [5, 5.41) is 9.06. The maximum atomic E-state index is 12.2. The van der Waals surface area contributed by atoms with Crippen molar-refractivity contribution in [2.75, 3.05) is 13.7 Å². The normalized spacial score (nSPS) is 50.8. The van der Waals surface area contributed by atoms with Crippen molar-refractivity contribution in [3.63, 3.8) is 0 Å². The molecule has 4 aliphatic rings. The average molecular weight is 205 g/mol. The Balaban J connectivity index is 2.13. The van der Waals surface area contributed by atoms with Crippen LogP contribution in [0.3, 0.4) is 0 Å². The average Bonchev–Trinajstić information content (AvgIpc) is 3.06. The number of Topliss-reactive ketones (excluding diaryl/α,β-unsaturated/α-hetero) is 1. The number of ether oxygens (including phenoxy) is 2. The summed E-state index contributed by atoms with van der Waals surface area (Å²) in [6.45, 7) is 0.476. The van der Waals surface area contributed by atoms with Gasteiger partial charge in [-0.2, -0.15) is 5.26 Å². The zero-order chi connectivity index (χ0) is 10.7. The fraction of sp³-hybridized carbons (Fsp3) is 0.636. The van der Waals surface area contributed by atoms with Crippen molar-refractivity contribution in [2.45, 2.75) is 17.6 Å². The lowest BCUT2D eigenvalue weighted by molar-refractivity contribution is -0.154. The highest BCUT2D eigenvalue weighted by molar-refractivity contribution is 6.02. The highest BCUT2D eigenvalue weighted by atomic mass is 16.6. The Morgan fingerprint density at radius 2 is 2.47 bits per heavy atom. The molecule has 1 aliphatic heterocycles. The highest BCUT2D eigenvalue weighted by Gasteiger charge is 2.70. The van der Waals surface area contributed by atoms with Crippen LogP contribution in [-0.2, 0) is 14.3 Å². The Bertz CT molecular complexity index is 405. The van der Waals surface area contributed by atoms with Gasteiger partial charge >= 0.3 is 0 Å². The summed E-state index contributed by atoms with van der Waals surface area (Å²) >= 11 is 0. The largest absolute Gasteiger partial charge is 0.365 e. The molecule has 2 fully saturated rings. The lowest BCUT2D eigenvalue weighted by atomic mass is 9.60. The monoisotopic (exact) mass is 205 g/mol. The van der Waals surface area contributed by atoms with E-state index in [1.807, 2.05) is 6.08 Å². The van der Waals surface area contributed by atoms with Crippen LogP contribution in [0.2, 0.25) is 0 Å². The Hall–Kier alpha value is -1.18. The third-order valence-electron chi connectivity index (χ3n) is 3.87. The van der Waals surface area contributed by atoms with Crippen LogP contribution >= 0.6 is 0 Å². The lowest BCUT2D eigenvalue weighted by Gasteiger charge is -2.45. The standard InChI is InChI=1S/C11H11NO3/c1-14-10-3-2-7(4-8(10)5-12)11(6-15-11)9(10)13/h2-3,7-8H,4,6H2,1H3/t7-,8-,10-,11+/m1/s1. The van der Waals surface area contributed by atoms with E-state index in [0.29, 0.717) is 13.0 Å². The van der Waals surface area contributed by atoms with Crippen molar-refractivity contribution < 1.29 is 14.3 Å². The first-order valence-electron chi connectivity index (χ1n) is 5.02. The van der Waals surface area contributed by atoms with E-state index < -0.39 is 11.2 Å². The molecule has 4 nitrogen and oxygen atoms in total. The molecule has 4 heteroatoms. The van der Waals surface area contributed by atoms with Crippen molar-refractivity contribution in [1.29, 1.82) is 5.26 Å². The number of hydrogen-bond acceptors (Lipinski definition) is 4. The molecular formula is C11H11NO3. The van der Waals surface area contributed by atoms with Gasteiger partial charge in [-0.1, -0.05) is 6.08 Å². The molecule has 0 unspecified atom stereocenters. The Kier molecular flexibility index (Phi) is 1.51. The van der Waals surface area contributed by atoms with Gasteiger partial charge in [0.1, 0.15) is 0 Å². The fourth-order valence-electron chi connectivity index (χ4n) is 2.84. The van der Waals surface area contributed by atoms with Crippen molar-refractivity contribution in [3.8, 4) is 6.07 Å². The van der Waals surface area contributed by atoms with E-state index >= 15 is 0 Å². The van der Waals surface area contributed by atoms with Crippen molar-refractivity contribution in [2.24, 2.45) is 11.8 Å². The van der Waals surface area contributed by atoms with E-state index in [2.05, 4.69) is 6.07 Å². The van der Waals surface area contributed by atoms with Gasteiger partial charge in [-0.3, -0.25) is 4.79 Å². The predicted octanol–water partition coefficient (Wildman–Crippen LogP) is 0.439. The molecule has 0 N–H and O–H groups in total. The molecule has 1 spiro atoms. The minimum Gasteiger partial charge on any atom is -0.365 e. The number of carbonyl (C=O) groups is 1. The molecule has 15 heavy (non-hydrogen) atoms. The number of nitrogens with zero attached hydrogens (tertiary/aromatic N) is 1. The molecule has 0 aromatic rings. The zero-order valence-corrected chi connectivity index (χ0v) is 8.40. The number of epoxide rings is 1. The summed E-state index contributed by atoms with van der Waals surface area (Å²) in [5.41, 5.74) is -1.71. The van der Waals surface area contributed by atoms with Gasteiger partial charge in [0, 0.05) is 13.0 Å². The minimum absolute atomic E-state index is 0.0617. The zero-order valence-electron chi connectivity index (χ0n) is 8.40. The molecular weight excluding hydrogens is 194 g/mol. The smallest absolute Gasteiger partial charge is 0.204 e. The maximum Gasteiger partial charge on any atom is 0.204 e. The summed E-state index contributed by atoms with van der Waals surface area (Å²) in [6.07, 6.45) is 4.36. The van der Waals surface area contributed by atoms with E-state index in [0.717, 1.165) is 0 Å². The maximum absolute atomic E-state index is 12.2. The summed E-state index contributed by atoms with van der Waals surface area (Å²) in [7, 11) is 1.48. The van der Waals surface area contributed by atoms with Gasteiger partial charge in [-0.25, -0.2) is 0 Å². The van der Waals surface area contributed by atoms with Crippen LogP contribution in [0.5, 0.6) is 0 Å². The Morgan fingerprint density at radius 3 is 3.00 bits per heavy atom. The van der Waals surface area contributed by atoms with Gasteiger partial charge in [0.25, 0.3) is 0 Å². The van der Waals surface area contributed by atoms with Crippen LogP contribution in [0.1, 0.15) is 6.42 Å². The number of carbonyl (C=O) groups excluding carboxylic acids is 1. The summed E-state index contributed by atoms with van der Waals surface area (Å²) in [6, 6.07) is 2.17. The third-order valence-corrected chi connectivity index (χ3v) is 3.87. The van der Waals surface area contributed by atoms with Gasteiger partial charge in [0.2, 0.25) is 5.78 Å². The first kappa shape index (κ1) is 9.08. The number of hydrogen-bond donors (Lipinski definition) is 0. The highest BCUT2D eigenvalue weighted by Crippen LogP contribution is 2.54. The van der Waals surface area contributed by atoms with Gasteiger partial charge in [-0.05, 0) is 12.5 Å².